The molecule has 3 rings (SSSR count). The Morgan fingerprint density at radius 3 is 2.57 bits per heavy atom. The zero-order chi connectivity index (χ0) is 19.9. The van der Waals surface area contributed by atoms with E-state index in [1.165, 1.54) is 0 Å². The second kappa shape index (κ2) is 9.18. The fourth-order valence-electron chi connectivity index (χ4n) is 2.72. The predicted molar refractivity (Wildman–Crippen MR) is 111 cm³/mol. The minimum absolute atomic E-state index is 0.374. The summed E-state index contributed by atoms with van der Waals surface area (Å²) < 4.78 is 18.8. The summed E-state index contributed by atoms with van der Waals surface area (Å²) in [5, 5.41) is 11.7. The SMILES string of the molecule is CCOc1ccccc1-c1n[nH]c(=S)n1/N=C\c1cccc(OC)c1OCC. The maximum Gasteiger partial charge on any atom is 0.216 e. The van der Waals surface area contributed by atoms with Crippen molar-refractivity contribution < 1.29 is 14.2 Å². The topological polar surface area (TPSA) is 73.7 Å². The number of aromatic amines is 1. The van der Waals surface area contributed by atoms with Crippen molar-refractivity contribution in [2.75, 3.05) is 20.3 Å². The first-order chi connectivity index (χ1) is 13.7. The van der Waals surface area contributed by atoms with Crippen molar-refractivity contribution in [3.8, 4) is 28.6 Å². The molecule has 0 spiro atoms. The molecule has 146 valence electrons. The highest BCUT2D eigenvalue weighted by molar-refractivity contribution is 7.71. The van der Waals surface area contributed by atoms with E-state index in [4.69, 9.17) is 26.4 Å². The van der Waals surface area contributed by atoms with Crippen LogP contribution in [0.2, 0.25) is 0 Å². The van der Waals surface area contributed by atoms with Crippen molar-refractivity contribution in [2.45, 2.75) is 13.8 Å². The van der Waals surface area contributed by atoms with E-state index in [-0.39, 0.29) is 0 Å². The van der Waals surface area contributed by atoms with Gasteiger partial charge in [0.05, 0.1) is 32.1 Å². The summed E-state index contributed by atoms with van der Waals surface area (Å²) in [5.74, 6) is 2.55. The van der Waals surface area contributed by atoms with Gasteiger partial charge in [0.25, 0.3) is 0 Å². The standard InChI is InChI=1S/C20H22N4O3S/c1-4-26-16-11-7-6-10-15(16)19-22-23-20(28)24(19)21-13-14-9-8-12-17(25-3)18(14)27-5-2/h6-13H,4-5H2,1-3H3,(H,23,28)/b21-13-. The summed E-state index contributed by atoms with van der Waals surface area (Å²) >= 11 is 5.36. The third-order valence-electron chi connectivity index (χ3n) is 3.91. The summed E-state index contributed by atoms with van der Waals surface area (Å²) in [4.78, 5) is 0. The Bertz CT molecular complexity index is 1030. The van der Waals surface area contributed by atoms with Gasteiger partial charge in [-0.1, -0.05) is 18.2 Å². The van der Waals surface area contributed by atoms with Gasteiger partial charge in [0.2, 0.25) is 4.77 Å². The van der Waals surface area contributed by atoms with Gasteiger partial charge in [-0.25, -0.2) is 5.10 Å². The van der Waals surface area contributed by atoms with E-state index in [0.29, 0.717) is 41.1 Å². The molecule has 2 aromatic carbocycles. The maximum atomic E-state index is 5.73. The van der Waals surface area contributed by atoms with Crippen LogP contribution in [0.5, 0.6) is 17.2 Å². The lowest BCUT2D eigenvalue weighted by Gasteiger charge is -2.11. The Hall–Kier alpha value is -3.13. The van der Waals surface area contributed by atoms with E-state index in [0.717, 1.165) is 11.1 Å². The molecule has 1 N–H and O–H groups in total. The van der Waals surface area contributed by atoms with Crippen LogP contribution in [0.1, 0.15) is 19.4 Å². The molecule has 0 aliphatic rings. The van der Waals surface area contributed by atoms with Gasteiger partial charge >= 0.3 is 0 Å². The van der Waals surface area contributed by atoms with E-state index < -0.39 is 0 Å². The van der Waals surface area contributed by atoms with Crippen molar-refractivity contribution >= 4 is 18.4 Å². The second-order valence-corrected chi connectivity index (χ2v) is 6.04. The zero-order valence-corrected chi connectivity index (χ0v) is 16.8. The van der Waals surface area contributed by atoms with Crippen molar-refractivity contribution in [1.29, 1.82) is 0 Å². The number of ether oxygens (including phenoxy) is 3. The first-order valence-corrected chi connectivity index (χ1v) is 9.34. The minimum Gasteiger partial charge on any atom is -0.493 e. The van der Waals surface area contributed by atoms with Crippen molar-refractivity contribution in [3.63, 3.8) is 0 Å². The fourth-order valence-corrected chi connectivity index (χ4v) is 2.90. The van der Waals surface area contributed by atoms with E-state index in [9.17, 15) is 0 Å². The average Bonchev–Trinajstić information content (AvgIpc) is 3.08. The minimum atomic E-state index is 0.374. The maximum absolute atomic E-state index is 5.73. The number of hydrogen-bond donors (Lipinski definition) is 1. The molecule has 0 radical (unpaired) electrons. The molecule has 7 nitrogen and oxygen atoms in total. The van der Waals surface area contributed by atoms with Gasteiger partial charge in [-0.2, -0.15) is 14.9 Å². The number of nitrogens with zero attached hydrogens (tertiary/aromatic N) is 3. The molecule has 3 aromatic rings. The number of aromatic nitrogens is 3. The molecule has 0 amide bonds. The summed E-state index contributed by atoms with van der Waals surface area (Å²) in [5.41, 5.74) is 1.57. The molecule has 28 heavy (non-hydrogen) atoms. The molecule has 0 atom stereocenters. The fraction of sp³-hybridized carbons (Fsp3) is 0.250. The monoisotopic (exact) mass is 398 g/mol. The second-order valence-electron chi connectivity index (χ2n) is 5.65. The Kier molecular flexibility index (Phi) is 6.44. The number of rotatable bonds is 8. The first kappa shape index (κ1) is 19.6. The highest BCUT2D eigenvalue weighted by atomic mass is 32.1. The highest BCUT2D eigenvalue weighted by Gasteiger charge is 2.14. The van der Waals surface area contributed by atoms with Crippen LogP contribution in [0.25, 0.3) is 11.4 Å². The van der Waals surface area contributed by atoms with Gasteiger partial charge in [-0.3, -0.25) is 0 Å². The molecule has 1 heterocycles. The first-order valence-electron chi connectivity index (χ1n) is 8.93. The summed E-state index contributed by atoms with van der Waals surface area (Å²) in [6.45, 7) is 4.92. The van der Waals surface area contributed by atoms with Gasteiger partial charge in [-0.15, -0.1) is 0 Å². The van der Waals surface area contributed by atoms with Gasteiger partial charge in [0.15, 0.2) is 17.3 Å². The number of hydrogen-bond acceptors (Lipinski definition) is 6. The molecule has 0 unspecified atom stereocenters. The molecular weight excluding hydrogens is 376 g/mol. The molecule has 1 aromatic heterocycles. The van der Waals surface area contributed by atoms with E-state index in [2.05, 4.69) is 15.3 Å². The molecule has 0 saturated heterocycles. The molecule has 0 aliphatic heterocycles. The summed E-state index contributed by atoms with van der Waals surface area (Å²) in [6.07, 6.45) is 1.67. The van der Waals surface area contributed by atoms with Crippen LogP contribution in [0.3, 0.4) is 0 Å². The summed E-state index contributed by atoms with van der Waals surface area (Å²) in [7, 11) is 1.60. The lowest BCUT2D eigenvalue weighted by atomic mass is 10.2. The van der Waals surface area contributed by atoms with Crippen molar-refractivity contribution in [2.24, 2.45) is 5.10 Å². The van der Waals surface area contributed by atoms with Crippen LogP contribution in [0, 0.1) is 4.77 Å². The molecule has 0 fully saturated rings. The van der Waals surface area contributed by atoms with E-state index >= 15 is 0 Å². The molecule has 0 saturated carbocycles. The number of nitrogens with one attached hydrogen (secondary N) is 1. The number of para-hydroxylation sites is 2. The Morgan fingerprint density at radius 1 is 1.07 bits per heavy atom. The van der Waals surface area contributed by atoms with Crippen molar-refractivity contribution in [3.05, 3.63) is 52.8 Å². The third-order valence-corrected chi connectivity index (χ3v) is 4.17. The van der Waals surface area contributed by atoms with Crippen LogP contribution in [0.4, 0.5) is 0 Å². The van der Waals surface area contributed by atoms with E-state index in [1.54, 1.807) is 18.0 Å². The number of methoxy groups -OCH3 is 1. The molecular formula is C20H22N4O3S. The largest absolute Gasteiger partial charge is 0.493 e. The number of benzene rings is 2. The van der Waals surface area contributed by atoms with Gasteiger partial charge < -0.3 is 14.2 Å². The predicted octanol–water partition coefficient (Wildman–Crippen LogP) is 4.30. The Morgan fingerprint density at radius 2 is 1.82 bits per heavy atom. The number of H-pyrrole nitrogens is 1. The average molecular weight is 398 g/mol. The summed E-state index contributed by atoms with van der Waals surface area (Å²) in [6, 6.07) is 13.2. The molecule has 8 heteroatoms. The van der Waals surface area contributed by atoms with Crippen LogP contribution < -0.4 is 14.2 Å². The lowest BCUT2D eigenvalue weighted by Crippen LogP contribution is -2.01. The zero-order valence-electron chi connectivity index (χ0n) is 16.0. The lowest BCUT2D eigenvalue weighted by molar-refractivity contribution is 0.310. The van der Waals surface area contributed by atoms with Gasteiger partial charge in [0, 0.05) is 5.56 Å². The van der Waals surface area contributed by atoms with E-state index in [1.807, 2.05) is 56.3 Å². The van der Waals surface area contributed by atoms with Crippen LogP contribution in [0.15, 0.2) is 47.6 Å². The van der Waals surface area contributed by atoms with Crippen LogP contribution in [-0.4, -0.2) is 41.4 Å². The Balaban J connectivity index is 2.04. The van der Waals surface area contributed by atoms with Crippen molar-refractivity contribution in [1.82, 2.24) is 14.9 Å². The third kappa shape index (κ3) is 4.07. The highest BCUT2D eigenvalue weighted by Crippen LogP contribution is 2.31. The molecule has 0 aliphatic carbocycles. The quantitative estimate of drug-likeness (QED) is 0.452. The van der Waals surface area contributed by atoms with Crippen LogP contribution >= 0.6 is 12.2 Å². The van der Waals surface area contributed by atoms with Crippen LogP contribution in [-0.2, 0) is 0 Å². The smallest absolute Gasteiger partial charge is 0.216 e. The Labute approximate surface area is 168 Å². The molecule has 0 bridgehead atoms. The van der Waals surface area contributed by atoms with Gasteiger partial charge in [-0.05, 0) is 50.3 Å². The van der Waals surface area contributed by atoms with Gasteiger partial charge in [0.1, 0.15) is 5.75 Å². The normalized spacial score (nSPS) is 11.0.